The third-order valence-electron chi connectivity index (χ3n) is 3.42. The average Bonchev–Trinajstić information content (AvgIpc) is 2.44. The lowest BCUT2D eigenvalue weighted by Gasteiger charge is -2.15. The second-order valence-corrected chi connectivity index (χ2v) is 5.48. The molecule has 0 aliphatic heterocycles. The molecule has 0 spiro atoms. The van der Waals surface area contributed by atoms with Crippen molar-refractivity contribution >= 4 is 17.3 Å². The fourth-order valence-corrected chi connectivity index (χ4v) is 3.28. The zero-order valence-corrected chi connectivity index (χ0v) is 9.44. The lowest BCUT2D eigenvalue weighted by atomic mass is 9.88. The van der Waals surface area contributed by atoms with Crippen LogP contribution in [-0.2, 0) is 10.2 Å². The van der Waals surface area contributed by atoms with E-state index >= 15 is 0 Å². The molecule has 2 rings (SSSR count). The van der Waals surface area contributed by atoms with Crippen molar-refractivity contribution in [1.82, 2.24) is 0 Å². The van der Waals surface area contributed by atoms with E-state index in [1.807, 2.05) is 31.5 Å². The van der Waals surface area contributed by atoms with Crippen LogP contribution in [0, 0.1) is 12.3 Å². The quantitative estimate of drug-likeness (QED) is 0.815. The third kappa shape index (κ3) is 0.989. The molecule has 1 saturated carbocycles. The molecule has 0 amide bonds. The van der Waals surface area contributed by atoms with Crippen LogP contribution in [0.4, 0.5) is 0 Å². The van der Waals surface area contributed by atoms with Gasteiger partial charge in [-0.25, -0.2) is 0 Å². The van der Waals surface area contributed by atoms with Crippen molar-refractivity contribution in [3.8, 4) is 0 Å². The average molecular weight is 210 g/mol. The molecule has 0 saturated heterocycles. The van der Waals surface area contributed by atoms with Crippen molar-refractivity contribution in [3.05, 3.63) is 21.9 Å². The van der Waals surface area contributed by atoms with Gasteiger partial charge in [0.1, 0.15) is 0 Å². The molecule has 1 atom stereocenters. The summed E-state index contributed by atoms with van der Waals surface area (Å²) in [6, 6.07) is 0. The molecule has 0 radical (unpaired) electrons. The number of hydrogen-bond acceptors (Lipinski definition) is 2. The Morgan fingerprint density at radius 1 is 1.50 bits per heavy atom. The van der Waals surface area contributed by atoms with Gasteiger partial charge in [-0.1, -0.05) is 13.8 Å². The maximum Gasteiger partial charge on any atom is 0.314 e. The van der Waals surface area contributed by atoms with E-state index < -0.39 is 11.4 Å². The number of aliphatic carboxylic acids is 1. The summed E-state index contributed by atoms with van der Waals surface area (Å²) in [7, 11) is 0. The molecule has 1 aromatic rings. The Hall–Kier alpha value is -0.830. The molecule has 3 heteroatoms. The standard InChI is InChI=1S/C11H14O2S/c1-7-4-14-5-8(7)11(9(12)13)6-10(11,2)3/h4-5H,6H2,1-3H3,(H,12,13). The Bertz CT molecular complexity index is 392. The minimum Gasteiger partial charge on any atom is -0.481 e. The van der Waals surface area contributed by atoms with E-state index in [4.69, 9.17) is 0 Å². The van der Waals surface area contributed by atoms with Gasteiger partial charge in [0.2, 0.25) is 0 Å². The summed E-state index contributed by atoms with van der Waals surface area (Å²) >= 11 is 1.59. The van der Waals surface area contributed by atoms with Crippen molar-refractivity contribution in [3.63, 3.8) is 0 Å². The third-order valence-corrected chi connectivity index (χ3v) is 4.28. The summed E-state index contributed by atoms with van der Waals surface area (Å²) in [6.45, 7) is 6.04. The summed E-state index contributed by atoms with van der Waals surface area (Å²) < 4.78 is 0. The summed E-state index contributed by atoms with van der Waals surface area (Å²) in [4.78, 5) is 11.4. The monoisotopic (exact) mass is 210 g/mol. The molecule has 14 heavy (non-hydrogen) atoms. The van der Waals surface area contributed by atoms with Gasteiger partial charge in [0.05, 0.1) is 5.41 Å². The SMILES string of the molecule is Cc1cscc1C1(C(=O)O)CC1(C)C. The van der Waals surface area contributed by atoms with Crippen LogP contribution in [0.25, 0.3) is 0 Å². The van der Waals surface area contributed by atoms with Gasteiger partial charge in [-0.05, 0) is 40.6 Å². The zero-order chi connectivity index (χ0) is 10.6. The molecule has 1 fully saturated rings. The number of carbonyl (C=O) groups is 1. The first kappa shape index (κ1) is 9.71. The van der Waals surface area contributed by atoms with Crippen LogP contribution in [0.1, 0.15) is 31.4 Å². The van der Waals surface area contributed by atoms with Crippen LogP contribution in [0.3, 0.4) is 0 Å². The first-order valence-corrected chi connectivity index (χ1v) is 5.63. The molecule has 1 heterocycles. The Balaban J connectivity index is 2.52. The van der Waals surface area contributed by atoms with Crippen LogP contribution in [0.15, 0.2) is 10.8 Å². The van der Waals surface area contributed by atoms with Crippen LogP contribution in [0.2, 0.25) is 0 Å². The molecular weight excluding hydrogens is 196 g/mol. The van der Waals surface area contributed by atoms with Gasteiger partial charge in [0.15, 0.2) is 0 Å². The smallest absolute Gasteiger partial charge is 0.314 e. The number of carboxylic acids is 1. The predicted molar refractivity (Wildman–Crippen MR) is 56.8 cm³/mol. The number of hydrogen-bond donors (Lipinski definition) is 1. The number of rotatable bonds is 2. The van der Waals surface area contributed by atoms with Gasteiger partial charge in [-0.3, -0.25) is 4.79 Å². The maximum atomic E-state index is 11.4. The molecule has 1 aliphatic carbocycles. The summed E-state index contributed by atoms with van der Waals surface area (Å²) in [5.74, 6) is -0.677. The highest BCUT2D eigenvalue weighted by Crippen LogP contribution is 2.65. The zero-order valence-electron chi connectivity index (χ0n) is 8.63. The second-order valence-electron chi connectivity index (χ2n) is 4.74. The number of carboxylic acid groups (broad SMARTS) is 1. The Kier molecular flexibility index (Phi) is 1.80. The van der Waals surface area contributed by atoms with Gasteiger partial charge < -0.3 is 5.11 Å². The summed E-state index contributed by atoms with van der Waals surface area (Å²) in [6.07, 6.45) is 0.757. The molecule has 76 valence electrons. The van der Waals surface area contributed by atoms with Crippen LogP contribution in [-0.4, -0.2) is 11.1 Å². The summed E-state index contributed by atoms with van der Waals surface area (Å²) in [5.41, 5.74) is 1.42. The lowest BCUT2D eigenvalue weighted by molar-refractivity contribution is -0.141. The van der Waals surface area contributed by atoms with Gasteiger partial charge in [0, 0.05) is 0 Å². The van der Waals surface area contributed by atoms with Crippen molar-refractivity contribution in [2.45, 2.75) is 32.6 Å². The normalized spacial score (nSPS) is 28.8. The first-order valence-electron chi connectivity index (χ1n) is 4.68. The van der Waals surface area contributed by atoms with E-state index in [1.165, 1.54) is 0 Å². The number of aryl methyl sites for hydroxylation is 1. The van der Waals surface area contributed by atoms with Crippen molar-refractivity contribution in [1.29, 1.82) is 0 Å². The molecule has 1 N–H and O–H groups in total. The van der Waals surface area contributed by atoms with Crippen LogP contribution < -0.4 is 0 Å². The van der Waals surface area contributed by atoms with E-state index in [-0.39, 0.29) is 5.41 Å². The Morgan fingerprint density at radius 2 is 2.07 bits per heavy atom. The highest BCUT2D eigenvalue weighted by atomic mass is 32.1. The van der Waals surface area contributed by atoms with E-state index in [2.05, 4.69) is 0 Å². The fraction of sp³-hybridized carbons (Fsp3) is 0.545. The highest BCUT2D eigenvalue weighted by Gasteiger charge is 2.68. The van der Waals surface area contributed by atoms with Crippen molar-refractivity contribution in [2.24, 2.45) is 5.41 Å². The molecule has 1 aliphatic rings. The highest BCUT2D eigenvalue weighted by molar-refractivity contribution is 7.08. The molecule has 0 aromatic carbocycles. The van der Waals surface area contributed by atoms with E-state index in [9.17, 15) is 9.90 Å². The minimum atomic E-state index is -0.677. The van der Waals surface area contributed by atoms with Gasteiger partial charge >= 0.3 is 5.97 Å². The Labute approximate surface area is 87.6 Å². The van der Waals surface area contributed by atoms with Gasteiger partial charge in [-0.15, -0.1) is 0 Å². The fourth-order valence-electron chi connectivity index (χ4n) is 2.36. The largest absolute Gasteiger partial charge is 0.481 e. The molecule has 1 unspecified atom stereocenters. The van der Waals surface area contributed by atoms with E-state index in [0.29, 0.717) is 0 Å². The Morgan fingerprint density at radius 3 is 2.36 bits per heavy atom. The van der Waals surface area contributed by atoms with Crippen LogP contribution in [0.5, 0.6) is 0 Å². The van der Waals surface area contributed by atoms with E-state index in [1.54, 1.807) is 11.3 Å². The molecule has 1 aromatic heterocycles. The lowest BCUT2D eigenvalue weighted by Crippen LogP contribution is -2.25. The van der Waals surface area contributed by atoms with E-state index in [0.717, 1.165) is 17.5 Å². The number of thiophene rings is 1. The molecule has 0 bridgehead atoms. The summed E-state index contributed by atoms with van der Waals surface area (Å²) in [5, 5.41) is 13.3. The maximum absolute atomic E-state index is 11.4. The van der Waals surface area contributed by atoms with Crippen molar-refractivity contribution < 1.29 is 9.90 Å². The van der Waals surface area contributed by atoms with Gasteiger partial charge in [-0.2, -0.15) is 11.3 Å². The first-order chi connectivity index (χ1) is 6.42. The molecule has 2 nitrogen and oxygen atoms in total. The minimum absolute atomic E-state index is 0.0926. The second kappa shape index (κ2) is 2.60. The van der Waals surface area contributed by atoms with Crippen molar-refractivity contribution in [2.75, 3.05) is 0 Å². The van der Waals surface area contributed by atoms with Crippen LogP contribution >= 0.6 is 11.3 Å². The topological polar surface area (TPSA) is 37.3 Å². The molecular formula is C11H14O2S. The predicted octanol–water partition coefficient (Wildman–Crippen LogP) is 2.81. The van der Waals surface area contributed by atoms with Gasteiger partial charge in [0.25, 0.3) is 0 Å².